The fourth-order valence-corrected chi connectivity index (χ4v) is 2.40. The van der Waals surface area contributed by atoms with E-state index < -0.39 is 11.9 Å². The lowest BCUT2D eigenvalue weighted by Crippen LogP contribution is -2.35. The fraction of sp³-hybridized carbons (Fsp3) is 0.333. The van der Waals surface area contributed by atoms with E-state index in [0.29, 0.717) is 5.56 Å². The van der Waals surface area contributed by atoms with Gasteiger partial charge in [-0.2, -0.15) is 4.99 Å². The van der Waals surface area contributed by atoms with Crippen molar-refractivity contribution in [2.45, 2.75) is 24.9 Å². The molecular formula is C12H11ClFN3O. The number of carbonyl (C=O) groups excluding carboxylic acids is 1. The summed E-state index contributed by atoms with van der Waals surface area (Å²) in [7, 11) is 0. The van der Waals surface area contributed by atoms with Gasteiger partial charge in [0.15, 0.2) is 0 Å². The van der Waals surface area contributed by atoms with Crippen LogP contribution in [-0.2, 0) is 0 Å². The zero-order valence-electron chi connectivity index (χ0n) is 9.44. The fourth-order valence-electron chi connectivity index (χ4n) is 2.22. The zero-order valence-corrected chi connectivity index (χ0v) is 10.2. The van der Waals surface area contributed by atoms with Crippen molar-refractivity contribution in [3.63, 3.8) is 0 Å². The second-order valence-electron chi connectivity index (χ2n) is 4.53. The molecule has 2 N–H and O–H groups in total. The highest BCUT2D eigenvalue weighted by atomic mass is 35.5. The molecule has 0 saturated heterocycles. The summed E-state index contributed by atoms with van der Waals surface area (Å²) in [6, 6.07) is 3.82. The molecule has 1 unspecified atom stereocenters. The molecule has 3 rings (SSSR count). The number of hydrogen-bond acceptors (Lipinski definition) is 2. The van der Waals surface area contributed by atoms with Gasteiger partial charge in [0.1, 0.15) is 17.7 Å². The number of rotatable bonds is 2. The lowest BCUT2D eigenvalue weighted by molar-refractivity contribution is 0.203. The van der Waals surface area contributed by atoms with E-state index in [0.717, 1.165) is 12.8 Å². The maximum atomic E-state index is 13.2. The summed E-state index contributed by atoms with van der Waals surface area (Å²) in [6.45, 7) is 0. The number of hydrogen-bond donors (Lipinski definition) is 1. The van der Waals surface area contributed by atoms with Crippen LogP contribution in [0.15, 0.2) is 23.2 Å². The van der Waals surface area contributed by atoms with Gasteiger partial charge >= 0.3 is 6.03 Å². The van der Waals surface area contributed by atoms with Gasteiger partial charge in [-0.05, 0) is 30.5 Å². The topological polar surface area (TPSA) is 58.7 Å². The van der Waals surface area contributed by atoms with Crippen LogP contribution in [0.1, 0.15) is 24.4 Å². The van der Waals surface area contributed by atoms with Crippen LogP contribution in [0.25, 0.3) is 0 Å². The van der Waals surface area contributed by atoms with Crippen molar-refractivity contribution in [1.29, 1.82) is 0 Å². The predicted octanol–water partition coefficient (Wildman–Crippen LogP) is 2.48. The number of nitrogens with two attached hydrogens (primary N) is 1. The maximum Gasteiger partial charge on any atom is 0.346 e. The molecule has 0 spiro atoms. The summed E-state index contributed by atoms with van der Waals surface area (Å²) in [4.78, 5) is 17.2. The van der Waals surface area contributed by atoms with Crippen molar-refractivity contribution in [1.82, 2.24) is 4.90 Å². The number of amidine groups is 1. The monoisotopic (exact) mass is 267 g/mol. The molecule has 0 radical (unpaired) electrons. The number of carbonyl (C=O) groups is 1. The van der Waals surface area contributed by atoms with Gasteiger partial charge in [-0.25, -0.2) is 9.18 Å². The molecule has 94 valence electrons. The SMILES string of the molecule is NC1=NC(=O)N(C2CC2)C1c1ccc(F)c(Cl)c1. The highest BCUT2D eigenvalue weighted by Gasteiger charge is 2.43. The Labute approximate surface area is 108 Å². The van der Waals surface area contributed by atoms with E-state index in [1.54, 1.807) is 11.0 Å². The Morgan fingerprint density at radius 1 is 1.44 bits per heavy atom. The average molecular weight is 268 g/mol. The third-order valence-corrected chi connectivity index (χ3v) is 3.49. The van der Waals surface area contributed by atoms with Crippen LogP contribution < -0.4 is 5.73 Å². The lowest BCUT2D eigenvalue weighted by atomic mass is 10.1. The number of nitrogens with zero attached hydrogens (tertiary/aromatic N) is 2. The van der Waals surface area contributed by atoms with Crippen LogP contribution in [0, 0.1) is 5.82 Å². The van der Waals surface area contributed by atoms with Gasteiger partial charge < -0.3 is 10.6 Å². The highest BCUT2D eigenvalue weighted by molar-refractivity contribution is 6.30. The molecule has 1 saturated carbocycles. The summed E-state index contributed by atoms with van der Waals surface area (Å²) in [6.07, 6.45) is 1.92. The van der Waals surface area contributed by atoms with Crippen molar-refractivity contribution in [2.24, 2.45) is 10.7 Å². The van der Waals surface area contributed by atoms with Crippen LogP contribution in [-0.4, -0.2) is 22.8 Å². The minimum absolute atomic E-state index is 0.0235. The van der Waals surface area contributed by atoms with Gasteiger partial charge in [0.2, 0.25) is 0 Å². The second-order valence-corrected chi connectivity index (χ2v) is 4.94. The molecule has 1 aromatic rings. The summed E-state index contributed by atoms with van der Waals surface area (Å²) in [5.41, 5.74) is 6.49. The van der Waals surface area contributed by atoms with Crippen molar-refractivity contribution in [2.75, 3.05) is 0 Å². The molecule has 0 aromatic heterocycles. The molecule has 18 heavy (non-hydrogen) atoms. The molecule has 1 heterocycles. The third kappa shape index (κ3) is 1.75. The number of benzene rings is 1. The standard InChI is InChI=1S/C12H11ClFN3O/c13-8-5-6(1-4-9(8)14)10-11(15)16-12(18)17(10)7-2-3-7/h1,4-5,7,10H,2-3H2,(H2,15,16,18). The minimum atomic E-state index is -0.488. The third-order valence-electron chi connectivity index (χ3n) is 3.20. The molecular weight excluding hydrogens is 257 g/mol. The van der Waals surface area contributed by atoms with Crippen LogP contribution in [0.3, 0.4) is 0 Å². The normalized spacial score (nSPS) is 23.4. The summed E-state index contributed by atoms with van der Waals surface area (Å²) < 4.78 is 13.2. The number of urea groups is 1. The lowest BCUT2D eigenvalue weighted by Gasteiger charge is -2.24. The van der Waals surface area contributed by atoms with Gasteiger partial charge in [-0.1, -0.05) is 17.7 Å². The molecule has 1 fully saturated rings. The van der Waals surface area contributed by atoms with Crippen LogP contribution >= 0.6 is 11.6 Å². The number of halogens is 2. The smallest absolute Gasteiger partial charge is 0.346 e. The maximum absolute atomic E-state index is 13.2. The Hall–Kier alpha value is -1.62. The van der Waals surface area contributed by atoms with Crippen molar-refractivity contribution < 1.29 is 9.18 Å². The predicted molar refractivity (Wildman–Crippen MR) is 66.0 cm³/mol. The summed E-state index contributed by atoms with van der Waals surface area (Å²) in [5, 5.41) is 0.0235. The summed E-state index contributed by atoms with van der Waals surface area (Å²) in [5.74, 6) is -0.243. The quantitative estimate of drug-likeness (QED) is 0.895. The number of aliphatic imine (C=N–C) groups is 1. The molecule has 6 heteroatoms. The molecule has 1 aromatic carbocycles. The Morgan fingerprint density at radius 2 is 2.17 bits per heavy atom. The van der Waals surface area contributed by atoms with Gasteiger partial charge in [-0.3, -0.25) is 0 Å². The van der Waals surface area contributed by atoms with Crippen molar-refractivity contribution >= 4 is 23.5 Å². The van der Waals surface area contributed by atoms with Crippen molar-refractivity contribution in [3.05, 3.63) is 34.6 Å². The zero-order chi connectivity index (χ0) is 12.9. The molecule has 2 aliphatic rings. The van der Waals surface area contributed by atoms with Gasteiger partial charge in [-0.15, -0.1) is 0 Å². The minimum Gasteiger partial charge on any atom is -0.385 e. The Morgan fingerprint density at radius 3 is 2.78 bits per heavy atom. The Bertz CT molecular complexity index is 556. The van der Waals surface area contributed by atoms with Crippen LogP contribution in [0.2, 0.25) is 5.02 Å². The van der Waals surface area contributed by atoms with Gasteiger partial charge in [0.05, 0.1) is 5.02 Å². The Kier molecular flexibility index (Phi) is 2.52. The molecule has 4 nitrogen and oxygen atoms in total. The summed E-state index contributed by atoms with van der Waals surface area (Å²) >= 11 is 5.76. The molecule has 1 atom stereocenters. The van der Waals surface area contributed by atoms with Gasteiger partial charge in [0.25, 0.3) is 0 Å². The second kappa shape index (κ2) is 3.95. The van der Waals surface area contributed by atoms with E-state index >= 15 is 0 Å². The first-order chi connectivity index (χ1) is 8.58. The molecule has 2 amide bonds. The van der Waals surface area contributed by atoms with E-state index in [-0.39, 0.29) is 22.9 Å². The Balaban J connectivity index is 2.00. The molecule has 1 aliphatic heterocycles. The average Bonchev–Trinajstić information content (AvgIpc) is 3.09. The van der Waals surface area contributed by atoms with Crippen LogP contribution in [0.5, 0.6) is 0 Å². The number of amides is 2. The first kappa shape index (κ1) is 11.5. The largest absolute Gasteiger partial charge is 0.385 e. The highest BCUT2D eigenvalue weighted by Crippen LogP contribution is 2.38. The first-order valence-corrected chi connectivity index (χ1v) is 6.07. The van der Waals surface area contributed by atoms with E-state index in [4.69, 9.17) is 17.3 Å². The molecule has 1 aliphatic carbocycles. The van der Waals surface area contributed by atoms with E-state index in [2.05, 4.69) is 4.99 Å². The van der Waals surface area contributed by atoms with Gasteiger partial charge in [0, 0.05) is 6.04 Å². The van der Waals surface area contributed by atoms with E-state index in [1.807, 2.05) is 0 Å². The van der Waals surface area contributed by atoms with E-state index in [9.17, 15) is 9.18 Å². The van der Waals surface area contributed by atoms with Crippen molar-refractivity contribution in [3.8, 4) is 0 Å². The first-order valence-electron chi connectivity index (χ1n) is 5.69. The van der Waals surface area contributed by atoms with E-state index in [1.165, 1.54) is 12.1 Å². The van der Waals surface area contributed by atoms with Crippen LogP contribution in [0.4, 0.5) is 9.18 Å². The molecule has 0 bridgehead atoms.